The van der Waals surface area contributed by atoms with E-state index in [9.17, 15) is 0 Å². The first-order valence-electron chi connectivity index (χ1n) is 3.90. The molecule has 13 heavy (non-hydrogen) atoms. The average Bonchev–Trinajstić information content (AvgIpc) is 2.12. The number of fused-ring (bicyclic) bond motifs is 1. The van der Waals surface area contributed by atoms with Gasteiger partial charge in [0.05, 0.1) is 5.52 Å². The Morgan fingerprint density at radius 2 is 1.92 bits per heavy atom. The van der Waals surface area contributed by atoms with E-state index >= 15 is 0 Å². The van der Waals surface area contributed by atoms with Crippen LogP contribution in [0.5, 0.6) is 0 Å². The first-order chi connectivity index (χ1) is 6.18. The summed E-state index contributed by atoms with van der Waals surface area (Å²) in [6.07, 6.45) is 0. The lowest BCUT2D eigenvalue weighted by atomic mass is 10.1. The van der Waals surface area contributed by atoms with E-state index in [1.165, 1.54) is 0 Å². The summed E-state index contributed by atoms with van der Waals surface area (Å²) in [5.41, 5.74) is 1.99. The third-order valence-electron chi connectivity index (χ3n) is 2.02. The zero-order valence-electron chi connectivity index (χ0n) is 7.01. The van der Waals surface area contributed by atoms with Crippen LogP contribution in [0.25, 0.3) is 10.9 Å². The highest BCUT2D eigenvalue weighted by molar-refractivity contribution is 9.10. The largest absolute Gasteiger partial charge is 0.241 e. The molecule has 0 fully saturated rings. The Labute approximate surface area is 89.9 Å². The van der Waals surface area contributed by atoms with E-state index in [2.05, 4.69) is 20.9 Å². The van der Waals surface area contributed by atoms with Crippen molar-refractivity contribution in [1.29, 1.82) is 0 Å². The quantitative estimate of drug-likeness (QED) is 0.650. The molecule has 0 amide bonds. The topological polar surface area (TPSA) is 12.9 Å². The number of hydrogen-bond acceptors (Lipinski definition) is 1. The predicted molar refractivity (Wildman–Crippen MR) is 59.2 cm³/mol. The van der Waals surface area contributed by atoms with Gasteiger partial charge in [-0.2, -0.15) is 0 Å². The van der Waals surface area contributed by atoms with Crippen LogP contribution in [-0.4, -0.2) is 4.98 Å². The van der Waals surface area contributed by atoms with Crippen molar-refractivity contribution in [2.24, 2.45) is 0 Å². The zero-order chi connectivity index (χ0) is 9.42. The molecule has 0 bridgehead atoms. The predicted octanol–water partition coefficient (Wildman–Crippen LogP) is 3.96. The molecule has 0 unspecified atom stereocenters. The molecular weight excluding hydrogens is 249 g/mol. The molecule has 3 heteroatoms. The van der Waals surface area contributed by atoms with Crippen LogP contribution in [-0.2, 0) is 0 Å². The van der Waals surface area contributed by atoms with Crippen molar-refractivity contribution in [1.82, 2.24) is 4.98 Å². The normalized spacial score (nSPS) is 10.7. The summed E-state index contributed by atoms with van der Waals surface area (Å²) >= 11 is 9.32. The maximum Gasteiger partial charge on any atom is 0.106 e. The second kappa shape index (κ2) is 3.28. The van der Waals surface area contributed by atoms with E-state index in [0.29, 0.717) is 0 Å². The minimum absolute atomic E-state index is 0.762. The Bertz CT molecular complexity index is 462. The highest BCUT2D eigenvalue weighted by Gasteiger charge is 2.02. The van der Waals surface area contributed by atoms with E-state index in [0.717, 1.165) is 26.1 Å². The molecule has 0 spiro atoms. The molecule has 0 aliphatic rings. The fourth-order valence-electron chi connectivity index (χ4n) is 1.28. The Hall–Kier alpha value is -0.600. The fraction of sp³-hybridized carbons (Fsp3) is 0.100. The van der Waals surface area contributed by atoms with Gasteiger partial charge >= 0.3 is 0 Å². The molecule has 0 N–H and O–H groups in total. The first kappa shape index (κ1) is 8.97. The molecule has 0 aliphatic carbocycles. The first-order valence-corrected chi connectivity index (χ1v) is 5.07. The summed E-state index contributed by atoms with van der Waals surface area (Å²) < 4.78 is 0.838. The van der Waals surface area contributed by atoms with Gasteiger partial charge in [0, 0.05) is 10.4 Å². The van der Waals surface area contributed by atoms with E-state index in [1.807, 2.05) is 31.2 Å². The van der Waals surface area contributed by atoms with Gasteiger partial charge < -0.3 is 0 Å². The number of benzene rings is 1. The van der Waals surface area contributed by atoms with Crippen LogP contribution >= 0.6 is 27.5 Å². The van der Waals surface area contributed by atoms with Crippen LogP contribution in [0, 0.1) is 6.92 Å². The van der Waals surface area contributed by atoms with Crippen LogP contribution in [0.1, 0.15) is 5.56 Å². The van der Waals surface area contributed by atoms with Gasteiger partial charge in [-0.15, -0.1) is 0 Å². The van der Waals surface area contributed by atoms with Crippen LogP contribution in [0.3, 0.4) is 0 Å². The molecule has 0 saturated carbocycles. The number of aromatic nitrogens is 1. The minimum Gasteiger partial charge on any atom is -0.241 e. The molecule has 0 radical (unpaired) electrons. The van der Waals surface area contributed by atoms with Gasteiger partial charge in [0.2, 0.25) is 0 Å². The standard InChI is InChI=1S/C10H7BrClN/c1-6-8(12)4-2-7-3-5-9(11)13-10(6)7/h2-5H,1H3. The summed E-state index contributed by atoms with van der Waals surface area (Å²) in [4.78, 5) is 4.37. The number of hydrogen-bond donors (Lipinski definition) is 0. The van der Waals surface area contributed by atoms with Crippen molar-refractivity contribution in [3.8, 4) is 0 Å². The Kier molecular flexibility index (Phi) is 2.26. The summed E-state index contributed by atoms with van der Waals surface area (Å²) in [7, 11) is 0. The number of pyridine rings is 1. The van der Waals surface area contributed by atoms with Crippen molar-refractivity contribution in [3.05, 3.63) is 39.5 Å². The van der Waals surface area contributed by atoms with Gasteiger partial charge in [-0.3, -0.25) is 0 Å². The molecule has 1 heterocycles. The van der Waals surface area contributed by atoms with Crippen LogP contribution < -0.4 is 0 Å². The molecule has 66 valence electrons. The lowest BCUT2D eigenvalue weighted by molar-refractivity contribution is 1.32. The summed E-state index contributed by atoms with van der Waals surface area (Å²) in [6.45, 7) is 1.98. The third kappa shape index (κ3) is 1.56. The summed E-state index contributed by atoms with van der Waals surface area (Å²) in [6, 6.07) is 7.82. The molecule has 2 aromatic rings. The number of nitrogens with zero attached hydrogens (tertiary/aromatic N) is 1. The molecule has 1 aromatic carbocycles. The SMILES string of the molecule is Cc1c(Cl)ccc2ccc(Br)nc12. The molecule has 2 rings (SSSR count). The third-order valence-corrected chi connectivity index (χ3v) is 2.87. The minimum atomic E-state index is 0.762. The molecule has 0 atom stereocenters. The van der Waals surface area contributed by atoms with Gasteiger partial charge in [-0.05, 0) is 40.5 Å². The van der Waals surface area contributed by atoms with E-state index in [-0.39, 0.29) is 0 Å². The molecule has 1 nitrogen and oxygen atoms in total. The summed E-state index contributed by atoms with van der Waals surface area (Å²) in [5.74, 6) is 0. The summed E-state index contributed by atoms with van der Waals surface area (Å²) in [5, 5.41) is 1.88. The van der Waals surface area contributed by atoms with Crippen molar-refractivity contribution in [3.63, 3.8) is 0 Å². The highest BCUT2D eigenvalue weighted by Crippen LogP contribution is 2.24. The second-order valence-electron chi connectivity index (χ2n) is 2.88. The highest BCUT2D eigenvalue weighted by atomic mass is 79.9. The van der Waals surface area contributed by atoms with Crippen LogP contribution in [0.15, 0.2) is 28.9 Å². The van der Waals surface area contributed by atoms with Gasteiger partial charge in [-0.25, -0.2) is 4.98 Å². The average molecular weight is 257 g/mol. The zero-order valence-corrected chi connectivity index (χ0v) is 9.35. The van der Waals surface area contributed by atoms with Gasteiger partial charge in [0.15, 0.2) is 0 Å². The molecule has 0 aliphatic heterocycles. The number of aryl methyl sites for hydroxylation is 1. The van der Waals surface area contributed by atoms with E-state index in [1.54, 1.807) is 0 Å². The smallest absolute Gasteiger partial charge is 0.106 e. The maximum atomic E-state index is 5.98. The molecule has 0 saturated heterocycles. The molecular formula is C10H7BrClN. The lowest BCUT2D eigenvalue weighted by Crippen LogP contribution is -1.84. The van der Waals surface area contributed by atoms with Crippen LogP contribution in [0.2, 0.25) is 5.02 Å². The maximum absolute atomic E-state index is 5.98. The van der Waals surface area contributed by atoms with Gasteiger partial charge in [-0.1, -0.05) is 23.7 Å². The number of rotatable bonds is 0. The van der Waals surface area contributed by atoms with Crippen molar-refractivity contribution in [2.45, 2.75) is 6.92 Å². The number of halogens is 2. The Balaban J connectivity index is 2.89. The monoisotopic (exact) mass is 255 g/mol. The van der Waals surface area contributed by atoms with E-state index < -0.39 is 0 Å². The lowest BCUT2D eigenvalue weighted by Gasteiger charge is -2.03. The Morgan fingerprint density at radius 3 is 2.69 bits per heavy atom. The van der Waals surface area contributed by atoms with Crippen molar-refractivity contribution < 1.29 is 0 Å². The van der Waals surface area contributed by atoms with Crippen molar-refractivity contribution in [2.75, 3.05) is 0 Å². The van der Waals surface area contributed by atoms with Gasteiger partial charge in [0.25, 0.3) is 0 Å². The Morgan fingerprint density at radius 1 is 1.23 bits per heavy atom. The van der Waals surface area contributed by atoms with E-state index in [4.69, 9.17) is 11.6 Å². The van der Waals surface area contributed by atoms with Crippen molar-refractivity contribution >= 4 is 38.4 Å². The van der Waals surface area contributed by atoms with Crippen LogP contribution in [0.4, 0.5) is 0 Å². The fourth-order valence-corrected chi connectivity index (χ4v) is 1.74. The second-order valence-corrected chi connectivity index (χ2v) is 4.10. The molecule has 1 aromatic heterocycles. The van der Waals surface area contributed by atoms with Gasteiger partial charge in [0.1, 0.15) is 4.60 Å².